The van der Waals surface area contributed by atoms with Gasteiger partial charge in [0.1, 0.15) is 18.1 Å². The molecule has 2 N–H and O–H groups in total. The molecule has 0 spiro atoms. The number of hydrogen-bond acceptors (Lipinski definition) is 7. The summed E-state index contributed by atoms with van der Waals surface area (Å²) in [7, 11) is 1.57. The molecule has 0 fully saturated rings. The minimum Gasteiger partial charge on any atom is -0.507 e. The fourth-order valence-electron chi connectivity index (χ4n) is 2.70. The molecule has 3 aromatic rings. The molecule has 0 saturated carbocycles. The predicted molar refractivity (Wildman–Crippen MR) is 92.9 cm³/mol. The molecule has 0 amide bonds. The van der Waals surface area contributed by atoms with Crippen LogP contribution in [0.4, 0.5) is 5.82 Å². The van der Waals surface area contributed by atoms with E-state index in [0.29, 0.717) is 41.9 Å². The summed E-state index contributed by atoms with van der Waals surface area (Å²) in [5, 5.41) is 21.9. The highest BCUT2D eigenvalue weighted by molar-refractivity contribution is 5.75. The lowest BCUT2D eigenvalue weighted by molar-refractivity contribution is 0.320. The van der Waals surface area contributed by atoms with Crippen LogP contribution in [-0.2, 0) is 0 Å². The van der Waals surface area contributed by atoms with Crippen LogP contribution >= 0.6 is 0 Å². The average Bonchev–Trinajstić information content (AvgIpc) is 2.67. The van der Waals surface area contributed by atoms with Crippen LogP contribution in [0.2, 0.25) is 0 Å². The molecule has 1 aliphatic rings. The smallest absolute Gasteiger partial charge is 0.213 e. The molecular formula is C18H16N4O3. The minimum absolute atomic E-state index is 0.117. The van der Waals surface area contributed by atoms with Crippen molar-refractivity contribution in [1.82, 2.24) is 15.2 Å². The van der Waals surface area contributed by atoms with Gasteiger partial charge >= 0.3 is 0 Å². The van der Waals surface area contributed by atoms with Crippen LogP contribution < -0.4 is 14.8 Å². The number of aromatic nitrogens is 3. The monoisotopic (exact) mass is 336 g/mol. The Kier molecular flexibility index (Phi) is 3.81. The molecule has 0 radical (unpaired) electrons. The van der Waals surface area contributed by atoms with Crippen LogP contribution in [-0.4, -0.2) is 40.5 Å². The molecule has 1 aliphatic heterocycles. The lowest BCUT2D eigenvalue weighted by Crippen LogP contribution is -2.19. The Labute approximate surface area is 144 Å². The third kappa shape index (κ3) is 2.91. The summed E-state index contributed by atoms with van der Waals surface area (Å²) < 4.78 is 10.7. The molecule has 7 nitrogen and oxygen atoms in total. The number of rotatable bonds is 3. The van der Waals surface area contributed by atoms with Crippen molar-refractivity contribution in [2.75, 3.05) is 25.6 Å². The molecule has 2 aromatic heterocycles. The maximum absolute atomic E-state index is 10.5. The zero-order valence-electron chi connectivity index (χ0n) is 13.6. The summed E-state index contributed by atoms with van der Waals surface area (Å²) in [6, 6.07) is 10.8. The first-order valence-electron chi connectivity index (χ1n) is 7.83. The first-order chi connectivity index (χ1) is 12.2. The number of aromatic hydroxyl groups is 1. The number of ether oxygens (including phenoxy) is 2. The van der Waals surface area contributed by atoms with Crippen molar-refractivity contribution in [3.05, 3.63) is 42.6 Å². The Bertz CT molecular complexity index is 930. The number of nitrogens with zero attached hydrogens (tertiary/aromatic N) is 3. The van der Waals surface area contributed by atoms with Gasteiger partial charge < -0.3 is 19.9 Å². The van der Waals surface area contributed by atoms with Gasteiger partial charge in [0.05, 0.1) is 13.7 Å². The van der Waals surface area contributed by atoms with Gasteiger partial charge in [0, 0.05) is 23.9 Å². The fraction of sp³-hybridized carbons (Fsp3) is 0.167. The highest BCUT2D eigenvalue weighted by Crippen LogP contribution is 2.35. The van der Waals surface area contributed by atoms with Crippen molar-refractivity contribution < 1.29 is 14.6 Å². The average molecular weight is 336 g/mol. The molecule has 7 heteroatoms. The number of nitrogens with one attached hydrogen (secondary N) is 1. The van der Waals surface area contributed by atoms with E-state index in [1.165, 1.54) is 0 Å². The van der Waals surface area contributed by atoms with Crippen LogP contribution in [0.15, 0.2) is 42.6 Å². The van der Waals surface area contributed by atoms with Crippen molar-refractivity contribution in [3.8, 4) is 39.8 Å². The van der Waals surface area contributed by atoms with Crippen LogP contribution in [0.3, 0.4) is 0 Å². The van der Waals surface area contributed by atoms with Crippen LogP contribution in [0, 0.1) is 0 Å². The molecule has 1 aromatic carbocycles. The first kappa shape index (κ1) is 15.2. The molecule has 0 unspecified atom stereocenters. The van der Waals surface area contributed by atoms with Crippen molar-refractivity contribution in [2.45, 2.75) is 0 Å². The number of hydrogen-bond donors (Lipinski definition) is 2. The second-order valence-corrected chi connectivity index (χ2v) is 5.54. The second kappa shape index (κ2) is 6.27. The predicted octanol–water partition coefficient (Wildman–Crippen LogP) is 2.72. The summed E-state index contributed by atoms with van der Waals surface area (Å²) in [6.45, 7) is 1.28. The van der Waals surface area contributed by atoms with E-state index in [1.807, 2.05) is 24.3 Å². The number of fused-ring (bicyclic) bond motifs is 1. The zero-order chi connectivity index (χ0) is 17.2. The summed E-state index contributed by atoms with van der Waals surface area (Å²) in [4.78, 5) is 4.09. The highest BCUT2D eigenvalue weighted by atomic mass is 16.5. The Hall–Kier alpha value is -3.35. The molecule has 25 heavy (non-hydrogen) atoms. The third-order valence-electron chi connectivity index (χ3n) is 3.96. The second-order valence-electron chi connectivity index (χ2n) is 5.54. The van der Waals surface area contributed by atoms with Crippen molar-refractivity contribution in [3.63, 3.8) is 0 Å². The number of phenols is 1. The van der Waals surface area contributed by atoms with Gasteiger partial charge in [-0.15, -0.1) is 10.2 Å². The number of pyridine rings is 1. The number of anilines is 1. The first-order valence-corrected chi connectivity index (χ1v) is 7.83. The molecule has 0 aliphatic carbocycles. The van der Waals surface area contributed by atoms with Gasteiger partial charge in [0.25, 0.3) is 0 Å². The van der Waals surface area contributed by atoms with E-state index >= 15 is 0 Å². The van der Waals surface area contributed by atoms with E-state index in [-0.39, 0.29) is 5.75 Å². The largest absolute Gasteiger partial charge is 0.507 e. The number of phenolic OH excluding ortho intramolecular Hbond substituents is 1. The fourth-order valence-corrected chi connectivity index (χ4v) is 2.70. The lowest BCUT2D eigenvalue weighted by atomic mass is 10.0. The Balaban J connectivity index is 1.70. The van der Waals surface area contributed by atoms with Crippen molar-refractivity contribution in [1.29, 1.82) is 0 Å². The summed E-state index contributed by atoms with van der Waals surface area (Å²) >= 11 is 0. The topological polar surface area (TPSA) is 89.4 Å². The normalized spacial score (nSPS) is 12.7. The molecule has 126 valence electrons. The van der Waals surface area contributed by atoms with Crippen molar-refractivity contribution >= 4 is 5.82 Å². The lowest BCUT2D eigenvalue weighted by Gasteiger charge is -2.18. The Morgan fingerprint density at radius 3 is 2.84 bits per heavy atom. The Morgan fingerprint density at radius 1 is 1.12 bits per heavy atom. The minimum atomic E-state index is 0.117. The molecular weight excluding hydrogens is 320 g/mol. The van der Waals surface area contributed by atoms with Gasteiger partial charge in [-0.25, -0.2) is 4.98 Å². The van der Waals surface area contributed by atoms with E-state index < -0.39 is 0 Å². The van der Waals surface area contributed by atoms with E-state index in [0.717, 1.165) is 11.1 Å². The van der Waals surface area contributed by atoms with Gasteiger partial charge in [-0.05, 0) is 29.3 Å². The van der Waals surface area contributed by atoms with Crippen LogP contribution in [0.25, 0.3) is 22.4 Å². The summed E-state index contributed by atoms with van der Waals surface area (Å²) in [5.74, 6) is 1.89. The zero-order valence-corrected chi connectivity index (χ0v) is 13.6. The summed E-state index contributed by atoms with van der Waals surface area (Å²) in [6.07, 6.45) is 1.67. The Morgan fingerprint density at radius 2 is 2.00 bits per heavy atom. The maximum Gasteiger partial charge on any atom is 0.213 e. The molecule has 0 atom stereocenters. The van der Waals surface area contributed by atoms with Gasteiger partial charge in [0.15, 0.2) is 11.6 Å². The SMILES string of the molecule is COc1cc(-c2ccc(-c3cc4c(nn3)NCCO4)c(O)c2)ccn1. The number of benzene rings is 1. The molecule has 0 bridgehead atoms. The van der Waals surface area contributed by atoms with Crippen molar-refractivity contribution in [2.24, 2.45) is 0 Å². The van der Waals surface area contributed by atoms with Crippen LogP contribution in [0.5, 0.6) is 17.4 Å². The van der Waals surface area contributed by atoms with Gasteiger partial charge in [0.2, 0.25) is 5.88 Å². The van der Waals surface area contributed by atoms with E-state index in [9.17, 15) is 5.11 Å². The molecule has 4 rings (SSSR count). The molecule has 0 saturated heterocycles. The van der Waals surface area contributed by atoms with Crippen LogP contribution in [0.1, 0.15) is 0 Å². The molecule has 3 heterocycles. The maximum atomic E-state index is 10.5. The highest BCUT2D eigenvalue weighted by Gasteiger charge is 2.15. The van der Waals surface area contributed by atoms with Gasteiger partial charge in [-0.2, -0.15) is 0 Å². The number of methoxy groups -OCH3 is 1. The van der Waals surface area contributed by atoms with Gasteiger partial charge in [-0.3, -0.25) is 0 Å². The standard InChI is InChI=1S/C18H16N4O3/c1-24-17-9-12(4-5-19-17)11-2-3-13(15(23)8-11)14-10-16-18(22-21-14)20-6-7-25-16/h2-5,8-10,23H,6-7H2,1H3,(H,20,22). The quantitative estimate of drug-likeness (QED) is 0.760. The van der Waals surface area contributed by atoms with E-state index in [2.05, 4.69) is 20.5 Å². The van der Waals surface area contributed by atoms with Gasteiger partial charge in [-0.1, -0.05) is 6.07 Å². The third-order valence-corrected chi connectivity index (χ3v) is 3.96. The summed E-state index contributed by atoms with van der Waals surface area (Å²) in [5.41, 5.74) is 2.90. The van der Waals surface area contributed by atoms with E-state index in [4.69, 9.17) is 9.47 Å². The van der Waals surface area contributed by atoms with E-state index in [1.54, 1.807) is 25.4 Å².